The first-order valence-electron chi connectivity index (χ1n) is 4.76. The monoisotopic (exact) mass is 324 g/mol. The van der Waals surface area contributed by atoms with E-state index in [-0.39, 0.29) is 0 Å². The molecule has 0 aromatic heterocycles. The lowest BCUT2D eigenvalue weighted by molar-refractivity contribution is -0.143. The Morgan fingerprint density at radius 3 is 2.00 bits per heavy atom. The minimum atomic E-state index is -3.81. The van der Waals surface area contributed by atoms with Crippen LogP contribution < -0.4 is 0 Å². The molecule has 0 bridgehead atoms. The van der Waals surface area contributed by atoms with Crippen molar-refractivity contribution in [3.05, 3.63) is 0 Å². The molecule has 100 valence electrons. The molecule has 17 heavy (non-hydrogen) atoms. The van der Waals surface area contributed by atoms with Crippen LogP contribution in [0.5, 0.6) is 0 Å². The van der Waals surface area contributed by atoms with Crippen molar-refractivity contribution >= 4 is 48.4 Å². The zero-order valence-electron chi connectivity index (χ0n) is 9.35. The molecule has 1 aliphatic heterocycles. The number of carbonyl (C=O) groups is 1. The number of rotatable bonds is 2. The molecule has 0 spiro atoms. The summed E-state index contributed by atoms with van der Waals surface area (Å²) in [6.07, 6.45) is -0.877. The van der Waals surface area contributed by atoms with E-state index in [0.29, 0.717) is 0 Å². The maximum absolute atomic E-state index is 12.3. The fourth-order valence-corrected chi connectivity index (χ4v) is 4.62. The van der Waals surface area contributed by atoms with E-state index in [0.717, 1.165) is 6.92 Å². The molecule has 0 aromatic rings. The van der Waals surface area contributed by atoms with Crippen LogP contribution in [0.4, 0.5) is 0 Å². The SMILES string of the molecule is CC(=O)OC(C(Cl)(Cl)Cl)P1(=O)OC(C)C(C)O1. The van der Waals surface area contributed by atoms with Gasteiger partial charge in [-0.3, -0.25) is 9.36 Å². The van der Waals surface area contributed by atoms with Gasteiger partial charge in [0.1, 0.15) is 0 Å². The van der Waals surface area contributed by atoms with Crippen molar-refractivity contribution in [1.82, 2.24) is 0 Å². The van der Waals surface area contributed by atoms with Gasteiger partial charge in [0.15, 0.2) is 0 Å². The van der Waals surface area contributed by atoms with E-state index in [9.17, 15) is 9.36 Å². The van der Waals surface area contributed by atoms with Crippen LogP contribution in [0.25, 0.3) is 0 Å². The van der Waals surface area contributed by atoms with Gasteiger partial charge in [0.2, 0.25) is 9.64 Å². The Labute approximate surface area is 114 Å². The summed E-state index contributed by atoms with van der Waals surface area (Å²) in [5.74, 6) is -2.32. The van der Waals surface area contributed by atoms with E-state index < -0.39 is 35.4 Å². The van der Waals surface area contributed by atoms with Crippen LogP contribution in [-0.4, -0.2) is 27.8 Å². The van der Waals surface area contributed by atoms with E-state index in [2.05, 4.69) is 0 Å². The molecule has 3 atom stereocenters. The molecule has 1 rings (SSSR count). The van der Waals surface area contributed by atoms with Crippen LogP contribution in [0.15, 0.2) is 0 Å². The third-order valence-corrected chi connectivity index (χ3v) is 5.50. The van der Waals surface area contributed by atoms with E-state index in [4.69, 9.17) is 48.6 Å². The Kier molecular flexibility index (Phi) is 4.79. The van der Waals surface area contributed by atoms with E-state index in [1.165, 1.54) is 0 Å². The van der Waals surface area contributed by atoms with Gasteiger partial charge in [-0.15, -0.1) is 0 Å². The predicted octanol–water partition coefficient (Wildman–Crippen LogP) is 3.26. The van der Waals surface area contributed by atoms with Crippen molar-refractivity contribution in [2.24, 2.45) is 0 Å². The highest BCUT2D eigenvalue weighted by molar-refractivity contribution is 7.55. The van der Waals surface area contributed by atoms with Crippen LogP contribution in [0.2, 0.25) is 0 Å². The maximum Gasteiger partial charge on any atom is 0.376 e. The van der Waals surface area contributed by atoms with Crippen LogP contribution in [0.3, 0.4) is 0 Å². The van der Waals surface area contributed by atoms with E-state index in [1.807, 2.05) is 0 Å². The summed E-state index contributed by atoms with van der Waals surface area (Å²) in [4.78, 5) is 10.9. The third-order valence-electron chi connectivity index (χ3n) is 2.13. The molecule has 5 nitrogen and oxygen atoms in total. The van der Waals surface area contributed by atoms with Crippen LogP contribution >= 0.6 is 42.4 Å². The second-order valence-electron chi connectivity index (χ2n) is 3.66. The lowest BCUT2D eigenvalue weighted by atomic mass is 10.3. The zero-order valence-corrected chi connectivity index (χ0v) is 12.5. The molecule has 1 aliphatic rings. The fraction of sp³-hybridized carbons (Fsp3) is 0.875. The molecule has 1 saturated heterocycles. The molecule has 1 heterocycles. The largest absolute Gasteiger partial charge is 0.445 e. The summed E-state index contributed by atoms with van der Waals surface area (Å²) in [5.41, 5.74) is 0. The van der Waals surface area contributed by atoms with Gasteiger partial charge < -0.3 is 13.8 Å². The van der Waals surface area contributed by atoms with Crippen molar-refractivity contribution in [1.29, 1.82) is 0 Å². The van der Waals surface area contributed by atoms with E-state index >= 15 is 0 Å². The molecule has 0 aliphatic carbocycles. The van der Waals surface area contributed by atoms with Gasteiger partial charge in [-0.1, -0.05) is 34.8 Å². The fourth-order valence-electron chi connectivity index (χ4n) is 1.24. The highest BCUT2D eigenvalue weighted by atomic mass is 35.6. The quantitative estimate of drug-likeness (QED) is 0.443. The predicted molar refractivity (Wildman–Crippen MR) is 64.5 cm³/mol. The maximum atomic E-state index is 12.3. The average molecular weight is 326 g/mol. The van der Waals surface area contributed by atoms with Crippen molar-refractivity contribution in [2.45, 2.75) is 42.6 Å². The average Bonchev–Trinajstić information content (AvgIpc) is 2.36. The standard InChI is InChI=1S/C8H12Cl3O5P/c1-4-5(2)16-17(13,15-4)7(8(9,10)11)14-6(3)12/h4-5,7H,1-3H3. The highest BCUT2D eigenvalue weighted by Gasteiger charge is 2.56. The van der Waals surface area contributed by atoms with Gasteiger partial charge in [-0.25, -0.2) is 0 Å². The third kappa shape index (κ3) is 3.72. The second-order valence-corrected chi connectivity index (χ2v) is 8.00. The van der Waals surface area contributed by atoms with Gasteiger partial charge in [-0.2, -0.15) is 0 Å². The van der Waals surface area contributed by atoms with Crippen molar-refractivity contribution in [3.63, 3.8) is 0 Å². The topological polar surface area (TPSA) is 61.8 Å². The van der Waals surface area contributed by atoms with Crippen LogP contribution in [0.1, 0.15) is 20.8 Å². The lowest BCUT2D eigenvalue weighted by Crippen LogP contribution is -2.31. The lowest BCUT2D eigenvalue weighted by Gasteiger charge is -2.27. The van der Waals surface area contributed by atoms with Crippen molar-refractivity contribution < 1.29 is 23.1 Å². The van der Waals surface area contributed by atoms with Gasteiger partial charge in [0, 0.05) is 6.92 Å². The zero-order chi connectivity index (χ0) is 13.4. The number of ether oxygens (including phenoxy) is 1. The van der Waals surface area contributed by atoms with Crippen molar-refractivity contribution in [3.8, 4) is 0 Å². The molecule has 0 N–H and O–H groups in total. The highest BCUT2D eigenvalue weighted by Crippen LogP contribution is 2.65. The summed E-state index contributed by atoms with van der Waals surface area (Å²) < 4.78 is 25.3. The summed E-state index contributed by atoms with van der Waals surface area (Å²) in [6.45, 7) is 4.43. The summed E-state index contributed by atoms with van der Waals surface area (Å²) in [5, 5.41) is 0. The first-order chi connectivity index (χ1) is 7.56. The minimum Gasteiger partial charge on any atom is -0.445 e. The molecule has 0 saturated carbocycles. The minimum absolute atomic E-state index is 0.439. The number of carbonyl (C=O) groups excluding carboxylic acids is 1. The number of hydrogen-bond donors (Lipinski definition) is 0. The number of alkyl halides is 3. The smallest absolute Gasteiger partial charge is 0.376 e. The molecule has 0 amide bonds. The van der Waals surface area contributed by atoms with Crippen LogP contribution in [-0.2, 0) is 23.1 Å². The van der Waals surface area contributed by atoms with Gasteiger partial charge in [0.05, 0.1) is 12.2 Å². The van der Waals surface area contributed by atoms with Gasteiger partial charge in [0.25, 0.3) is 0 Å². The molecule has 0 radical (unpaired) electrons. The molecule has 3 unspecified atom stereocenters. The summed E-state index contributed by atoms with van der Waals surface area (Å²) >= 11 is 16.9. The summed E-state index contributed by atoms with van der Waals surface area (Å²) in [6, 6.07) is 0. The normalized spacial score (nSPS) is 35.6. The molecule has 0 aromatic carbocycles. The number of hydrogen-bond acceptors (Lipinski definition) is 5. The van der Waals surface area contributed by atoms with E-state index in [1.54, 1.807) is 13.8 Å². The Morgan fingerprint density at radius 2 is 1.71 bits per heavy atom. The Morgan fingerprint density at radius 1 is 1.29 bits per heavy atom. The Hall–Kier alpha value is 0.490. The molecular formula is C8H12Cl3O5P. The first-order valence-corrected chi connectivity index (χ1v) is 7.51. The van der Waals surface area contributed by atoms with Gasteiger partial charge >= 0.3 is 13.6 Å². The molecule has 1 fully saturated rings. The first kappa shape index (κ1) is 15.5. The van der Waals surface area contributed by atoms with Gasteiger partial charge in [-0.05, 0) is 13.8 Å². The molecular weight excluding hydrogens is 313 g/mol. The number of esters is 1. The Bertz CT molecular complexity index is 342. The second kappa shape index (κ2) is 5.24. The summed E-state index contributed by atoms with van der Waals surface area (Å²) in [7, 11) is -3.81. The van der Waals surface area contributed by atoms with Crippen LogP contribution in [0, 0.1) is 0 Å². The van der Waals surface area contributed by atoms with Crippen molar-refractivity contribution in [2.75, 3.05) is 0 Å². The molecule has 9 heteroatoms. The Balaban J connectivity index is 2.99. The number of halogens is 3.